The quantitative estimate of drug-likeness (QED) is 0.460. The molecule has 0 spiro atoms. The number of thiazole rings is 1. The van der Waals surface area contributed by atoms with Gasteiger partial charge in [-0.05, 0) is 49.1 Å². The van der Waals surface area contributed by atoms with E-state index in [2.05, 4.69) is 17.1 Å². The van der Waals surface area contributed by atoms with Crippen LogP contribution in [0.5, 0.6) is 0 Å². The van der Waals surface area contributed by atoms with Gasteiger partial charge in [-0.15, -0.1) is 11.3 Å². The first-order valence-corrected chi connectivity index (χ1v) is 9.05. The Kier molecular flexibility index (Phi) is 5.76. The van der Waals surface area contributed by atoms with Gasteiger partial charge in [0.2, 0.25) is 0 Å². The highest BCUT2D eigenvalue weighted by atomic mass is 32.1. The fourth-order valence-corrected chi connectivity index (χ4v) is 3.49. The smallest absolute Gasteiger partial charge is 0.306 e. The normalized spacial score (nSPS) is 10.5. The summed E-state index contributed by atoms with van der Waals surface area (Å²) in [6.45, 7) is 0.252. The van der Waals surface area contributed by atoms with Crippen LogP contribution in [0.4, 0.5) is 0 Å². The van der Waals surface area contributed by atoms with E-state index in [1.54, 1.807) is 35.6 Å². The molecule has 126 valence electrons. The molecule has 25 heavy (non-hydrogen) atoms. The molecule has 3 aromatic rings. The van der Waals surface area contributed by atoms with Crippen LogP contribution in [0.1, 0.15) is 35.4 Å². The lowest BCUT2D eigenvalue weighted by atomic mass is 10.1. The predicted molar refractivity (Wildman–Crippen MR) is 98.1 cm³/mol. The van der Waals surface area contributed by atoms with Crippen LogP contribution in [-0.4, -0.2) is 11.0 Å². The summed E-state index contributed by atoms with van der Waals surface area (Å²) in [5.41, 5.74) is 2.54. The van der Waals surface area contributed by atoms with Crippen LogP contribution in [0.15, 0.2) is 48.5 Å². The first-order chi connectivity index (χ1) is 12.2. The topological polar surface area (TPSA) is 63.0 Å². The SMILES string of the molecule is N#Cc1ccc(COC(=O)CCCCc2nc3ccccc3s2)cc1. The Morgan fingerprint density at radius 2 is 1.92 bits per heavy atom. The molecule has 0 unspecified atom stereocenters. The first kappa shape index (κ1) is 17.1. The molecular weight excluding hydrogens is 332 g/mol. The monoisotopic (exact) mass is 350 g/mol. The Bertz CT molecular complexity index is 861. The Hall–Kier alpha value is -2.71. The zero-order chi connectivity index (χ0) is 17.5. The van der Waals surface area contributed by atoms with Crippen LogP contribution in [0.25, 0.3) is 10.2 Å². The van der Waals surface area contributed by atoms with Gasteiger partial charge in [0, 0.05) is 6.42 Å². The molecule has 5 heteroatoms. The molecule has 0 aliphatic carbocycles. The number of para-hydroxylation sites is 1. The summed E-state index contributed by atoms with van der Waals surface area (Å²) in [7, 11) is 0. The van der Waals surface area contributed by atoms with Crippen LogP contribution in [-0.2, 0) is 22.6 Å². The average Bonchev–Trinajstić information content (AvgIpc) is 3.07. The molecule has 1 aromatic heterocycles. The van der Waals surface area contributed by atoms with Crippen molar-refractivity contribution in [1.82, 2.24) is 4.98 Å². The van der Waals surface area contributed by atoms with Gasteiger partial charge in [-0.25, -0.2) is 4.98 Å². The molecular formula is C20H18N2O2S. The van der Waals surface area contributed by atoms with Crippen LogP contribution in [0, 0.1) is 11.3 Å². The van der Waals surface area contributed by atoms with Crippen LogP contribution in [0.2, 0.25) is 0 Å². The zero-order valence-corrected chi connectivity index (χ0v) is 14.6. The summed E-state index contributed by atoms with van der Waals surface area (Å²) < 4.78 is 6.47. The van der Waals surface area contributed by atoms with Gasteiger partial charge < -0.3 is 4.74 Å². The number of nitrogens with zero attached hydrogens (tertiary/aromatic N) is 2. The molecule has 0 saturated carbocycles. The fourth-order valence-electron chi connectivity index (χ4n) is 2.48. The van der Waals surface area contributed by atoms with E-state index in [4.69, 9.17) is 10.00 Å². The summed E-state index contributed by atoms with van der Waals surface area (Å²) in [5.74, 6) is -0.186. The Morgan fingerprint density at radius 1 is 1.12 bits per heavy atom. The van der Waals surface area contributed by atoms with E-state index in [1.165, 1.54) is 4.70 Å². The van der Waals surface area contributed by atoms with Gasteiger partial charge in [0.1, 0.15) is 6.61 Å². The molecule has 0 aliphatic rings. The Labute approximate surface area is 150 Å². The molecule has 0 radical (unpaired) electrons. The molecule has 2 aromatic carbocycles. The van der Waals surface area contributed by atoms with Crippen molar-refractivity contribution in [3.63, 3.8) is 0 Å². The van der Waals surface area contributed by atoms with Crippen LogP contribution in [0.3, 0.4) is 0 Å². The number of benzene rings is 2. The van der Waals surface area contributed by atoms with E-state index in [9.17, 15) is 4.79 Å². The van der Waals surface area contributed by atoms with Gasteiger partial charge >= 0.3 is 5.97 Å². The lowest BCUT2D eigenvalue weighted by Gasteiger charge is -2.05. The summed E-state index contributed by atoms with van der Waals surface area (Å²) >= 11 is 1.72. The number of rotatable bonds is 7. The number of esters is 1. The number of aromatic nitrogens is 1. The largest absolute Gasteiger partial charge is 0.461 e. The third-order valence-electron chi connectivity index (χ3n) is 3.84. The third-order valence-corrected chi connectivity index (χ3v) is 4.94. The van der Waals surface area contributed by atoms with Gasteiger partial charge in [0.25, 0.3) is 0 Å². The lowest BCUT2D eigenvalue weighted by molar-refractivity contribution is -0.145. The summed E-state index contributed by atoms with van der Waals surface area (Å²) in [5, 5.41) is 9.87. The van der Waals surface area contributed by atoms with Crippen LogP contribution >= 0.6 is 11.3 Å². The third kappa shape index (κ3) is 4.88. The summed E-state index contributed by atoms with van der Waals surface area (Å²) in [4.78, 5) is 16.4. The highest BCUT2D eigenvalue weighted by molar-refractivity contribution is 7.18. The Morgan fingerprint density at radius 3 is 2.68 bits per heavy atom. The molecule has 4 nitrogen and oxygen atoms in total. The second-order valence-corrected chi connectivity index (χ2v) is 6.87. The van der Waals surface area contributed by atoms with E-state index in [1.807, 2.05) is 18.2 Å². The first-order valence-electron chi connectivity index (χ1n) is 8.24. The highest BCUT2D eigenvalue weighted by Gasteiger charge is 2.06. The molecule has 3 rings (SSSR count). The second kappa shape index (κ2) is 8.41. The van der Waals surface area contributed by atoms with Gasteiger partial charge in [-0.2, -0.15) is 5.26 Å². The fraction of sp³-hybridized carbons (Fsp3) is 0.250. The van der Waals surface area contributed by atoms with Crippen molar-refractivity contribution in [2.75, 3.05) is 0 Å². The predicted octanol–water partition coefficient (Wildman–Crippen LogP) is 4.62. The number of hydrogen-bond donors (Lipinski definition) is 0. The number of hydrogen-bond acceptors (Lipinski definition) is 5. The van der Waals surface area contributed by atoms with Crippen molar-refractivity contribution in [2.24, 2.45) is 0 Å². The number of carbonyl (C=O) groups excluding carboxylic acids is 1. The van der Waals surface area contributed by atoms with Crippen molar-refractivity contribution >= 4 is 27.5 Å². The van der Waals surface area contributed by atoms with Gasteiger partial charge in [-0.3, -0.25) is 4.79 Å². The Balaban J connectivity index is 1.36. The van der Waals surface area contributed by atoms with Crippen molar-refractivity contribution in [1.29, 1.82) is 5.26 Å². The van der Waals surface area contributed by atoms with E-state index in [0.29, 0.717) is 12.0 Å². The van der Waals surface area contributed by atoms with Crippen molar-refractivity contribution in [3.8, 4) is 6.07 Å². The van der Waals surface area contributed by atoms with E-state index in [0.717, 1.165) is 35.4 Å². The van der Waals surface area contributed by atoms with Gasteiger partial charge in [-0.1, -0.05) is 24.3 Å². The average molecular weight is 350 g/mol. The molecule has 1 heterocycles. The van der Waals surface area contributed by atoms with Gasteiger partial charge in [0.15, 0.2) is 0 Å². The number of carbonyl (C=O) groups is 1. The van der Waals surface area contributed by atoms with E-state index in [-0.39, 0.29) is 12.6 Å². The van der Waals surface area contributed by atoms with Crippen molar-refractivity contribution in [3.05, 3.63) is 64.7 Å². The highest BCUT2D eigenvalue weighted by Crippen LogP contribution is 2.22. The van der Waals surface area contributed by atoms with E-state index < -0.39 is 0 Å². The summed E-state index contributed by atoms with van der Waals surface area (Å²) in [6.07, 6.45) is 3.03. The van der Waals surface area contributed by atoms with Crippen molar-refractivity contribution in [2.45, 2.75) is 32.3 Å². The van der Waals surface area contributed by atoms with E-state index >= 15 is 0 Å². The standard InChI is InChI=1S/C20H18N2O2S/c21-13-15-9-11-16(12-10-15)14-24-20(23)8-4-3-7-19-22-17-5-1-2-6-18(17)25-19/h1-2,5-6,9-12H,3-4,7-8,14H2. The minimum absolute atomic E-state index is 0.186. The number of ether oxygens (including phenoxy) is 1. The number of aryl methyl sites for hydroxylation is 1. The number of unbranched alkanes of at least 4 members (excludes halogenated alkanes) is 1. The number of fused-ring (bicyclic) bond motifs is 1. The van der Waals surface area contributed by atoms with Crippen molar-refractivity contribution < 1.29 is 9.53 Å². The molecule has 0 aliphatic heterocycles. The van der Waals surface area contributed by atoms with Crippen LogP contribution < -0.4 is 0 Å². The molecule has 0 atom stereocenters. The zero-order valence-electron chi connectivity index (χ0n) is 13.8. The number of nitriles is 1. The maximum Gasteiger partial charge on any atom is 0.306 e. The molecule has 0 fully saturated rings. The molecule has 0 N–H and O–H groups in total. The lowest BCUT2D eigenvalue weighted by Crippen LogP contribution is -2.04. The molecule has 0 amide bonds. The molecule has 0 bridgehead atoms. The maximum atomic E-state index is 11.8. The molecule has 0 saturated heterocycles. The maximum absolute atomic E-state index is 11.8. The second-order valence-electron chi connectivity index (χ2n) is 5.75. The van der Waals surface area contributed by atoms with Gasteiger partial charge in [0.05, 0.1) is 26.9 Å². The minimum atomic E-state index is -0.186. The minimum Gasteiger partial charge on any atom is -0.461 e. The summed E-state index contributed by atoms with van der Waals surface area (Å²) in [6, 6.07) is 17.2.